The number of piperidine rings is 1. The molecule has 1 amide bonds. The van der Waals surface area contributed by atoms with E-state index in [4.69, 9.17) is 0 Å². The van der Waals surface area contributed by atoms with E-state index in [9.17, 15) is 14.4 Å². The lowest BCUT2D eigenvalue weighted by molar-refractivity contribution is 0.0700. The highest BCUT2D eigenvalue weighted by atomic mass is 16.2. The number of carbonyl (C=O) groups excluding carboxylic acids is 1. The van der Waals surface area contributed by atoms with Gasteiger partial charge in [-0.25, -0.2) is 9.78 Å². The number of carbonyl (C=O) groups is 1. The molecule has 1 aliphatic heterocycles. The van der Waals surface area contributed by atoms with Crippen molar-refractivity contribution in [3.8, 4) is 0 Å². The molecule has 1 fully saturated rings. The predicted molar refractivity (Wildman–Crippen MR) is 113 cm³/mol. The van der Waals surface area contributed by atoms with Crippen LogP contribution in [0.3, 0.4) is 0 Å². The highest BCUT2D eigenvalue weighted by Gasteiger charge is 2.29. The van der Waals surface area contributed by atoms with Gasteiger partial charge in [0.25, 0.3) is 11.5 Å². The maximum Gasteiger partial charge on any atom is 0.332 e. The molecule has 1 aliphatic rings. The van der Waals surface area contributed by atoms with E-state index in [2.05, 4.69) is 15.0 Å². The van der Waals surface area contributed by atoms with Gasteiger partial charge in [-0.3, -0.25) is 18.7 Å². The third kappa shape index (κ3) is 2.77. The zero-order valence-electron chi connectivity index (χ0n) is 16.8. The molecule has 3 aromatic heterocycles. The number of nitrogens with one attached hydrogen (secondary N) is 2. The number of rotatable bonds is 2. The number of para-hydroxylation sites is 1. The minimum absolute atomic E-state index is 0.0284. The Hall–Kier alpha value is -3.62. The minimum Gasteiger partial charge on any atom is -0.351 e. The zero-order chi connectivity index (χ0) is 21.0. The number of nitrogens with zero attached hydrogens (tertiary/aromatic N) is 4. The molecule has 4 aromatic rings. The first kappa shape index (κ1) is 18.4. The highest BCUT2D eigenvalue weighted by Crippen LogP contribution is 2.27. The van der Waals surface area contributed by atoms with E-state index in [1.807, 2.05) is 35.2 Å². The third-order valence-electron chi connectivity index (χ3n) is 5.97. The number of hydrogen-bond acceptors (Lipinski definition) is 4. The smallest absolute Gasteiger partial charge is 0.332 e. The summed E-state index contributed by atoms with van der Waals surface area (Å²) in [6, 6.07) is 9.68. The number of hydrogen-bond donors (Lipinski definition) is 2. The van der Waals surface area contributed by atoms with Crippen LogP contribution in [-0.4, -0.2) is 48.0 Å². The lowest BCUT2D eigenvalue weighted by atomic mass is 9.97. The van der Waals surface area contributed by atoms with Gasteiger partial charge < -0.3 is 14.9 Å². The van der Waals surface area contributed by atoms with Gasteiger partial charge in [0, 0.05) is 44.0 Å². The molecule has 1 atom stereocenters. The van der Waals surface area contributed by atoms with Crippen molar-refractivity contribution in [3.63, 3.8) is 0 Å². The summed E-state index contributed by atoms with van der Waals surface area (Å²) in [5, 5.41) is 1.00. The van der Waals surface area contributed by atoms with E-state index in [0.717, 1.165) is 28.3 Å². The van der Waals surface area contributed by atoms with Crippen molar-refractivity contribution in [2.75, 3.05) is 13.1 Å². The lowest BCUT2D eigenvalue weighted by Crippen LogP contribution is -2.39. The van der Waals surface area contributed by atoms with Gasteiger partial charge in [-0.1, -0.05) is 18.2 Å². The van der Waals surface area contributed by atoms with Gasteiger partial charge in [0.05, 0.1) is 0 Å². The number of aromatic nitrogens is 5. The molecule has 9 nitrogen and oxygen atoms in total. The standard InChI is InChI=1S/C21H22N6O3/c1-25-18-16(20(29)26(2)21(25)30)23-17(24-18)13-7-5-9-27(11-13)19(28)15-10-12-6-3-4-8-14(12)22-15/h3-4,6,8,10,13,22H,5,7,9,11H2,1-2H3,(H,23,24). The summed E-state index contributed by atoms with van der Waals surface area (Å²) in [5.74, 6) is 0.562. The van der Waals surface area contributed by atoms with E-state index in [1.54, 1.807) is 7.05 Å². The van der Waals surface area contributed by atoms with Crippen LogP contribution < -0.4 is 11.2 Å². The van der Waals surface area contributed by atoms with Crippen LogP contribution >= 0.6 is 0 Å². The van der Waals surface area contributed by atoms with E-state index >= 15 is 0 Å². The SMILES string of the molecule is Cn1c(=O)c2[nH]c(C3CCCN(C(=O)c4cc5ccccc5[nH]4)C3)nc2n(C)c1=O. The van der Waals surface area contributed by atoms with Gasteiger partial charge in [-0.15, -0.1) is 0 Å². The van der Waals surface area contributed by atoms with Crippen molar-refractivity contribution >= 4 is 28.0 Å². The molecule has 4 heterocycles. The van der Waals surface area contributed by atoms with Gasteiger partial charge in [0.2, 0.25) is 0 Å². The van der Waals surface area contributed by atoms with Crippen LogP contribution in [-0.2, 0) is 14.1 Å². The van der Waals surface area contributed by atoms with Crippen LogP contribution in [0.5, 0.6) is 0 Å². The Balaban J connectivity index is 1.46. The van der Waals surface area contributed by atoms with Crippen molar-refractivity contribution < 1.29 is 4.79 Å². The topological polar surface area (TPSA) is 109 Å². The van der Waals surface area contributed by atoms with Gasteiger partial charge in [0.1, 0.15) is 17.0 Å². The van der Waals surface area contributed by atoms with E-state index in [1.165, 1.54) is 11.6 Å². The molecule has 0 saturated carbocycles. The fraction of sp³-hybridized carbons (Fsp3) is 0.333. The van der Waals surface area contributed by atoms with E-state index in [0.29, 0.717) is 35.8 Å². The Bertz CT molecular complexity index is 1370. The number of fused-ring (bicyclic) bond motifs is 2. The Labute approximate surface area is 171 Å². The zero-order valence-corrected chi connectivity index (χ0v) is 16.8. The van der Waals surface area contributed by atoms with Crippen molar-refractivity contribution in [1.29, 1.82) is 0 Å². The molecule has 1 saturated heterocycles. The van der Waals surface area contributed by atoms with Gasteiger partial charge in [-0.2, -0.15) is 0 Å². The number of benzene rings is 1. The van der Waals surface area contributed by atoms with Crippen molar-refractivity contribution in [2.45, 2.75) is 18.8 Å². The molecule has 30 heavy (non-hydrogen) atoms. The molecular formula is C21H22N6O3. The van der Waals surface area contributed by atoms with Crippen LogP contribution in [0.25, 0.3) is 22.1 Å². The second kappa shape index (κ2) is 6.72. The molecule has 0 aliphatic carbocycles. The molecular weight excluding hydrogens is 384 g/mol. The fourth-order valence-electron chi connectivity index (χ4n) is 4.28. The minimum atomic E-state index is -0.412. The molecule has 9 heteroatoms. The Morgan fingerprint density at radius 3 is 2.73 bits per heavy atom. The number of imidazole rings is 1. The summed E-state index contributed by atoms with van der Waals surface area (Å²) in [7, 11) is 3.05. The highest BCUT2D eigenvalue weighted by molar-refractivity contribution is 5.98. The normalized spacial score (nSPS) is 17.1. The van der Waals surface area contributed by atoms with Crippen LogP contribution in [0.2, 0.25) is 0 Å². The van der Waals surface area contributed by atoms with E-state index in [-0.39, 0.29) is 11.8 Å². The summed E-state index contributed by atoms with van der Waals surface area (Å²) in [6.07, 6.45) is 1.69. The number of H-pyrrole nitrogens is 2. The summed E-state index contributed by atoms with van der Waals surface area (Å²) >= 11 is 0. The number of aromatic amines is 2. The molecule has 154 valence electrons. The first-order chi connectivity index (χ1) is 14.4. The second-order valence-electron chi connectivity index (χ2n) is 7.89. The average Bonchev–Trinajstić information content (AvgIpc) is 3.41. The molecule has 0 bridgehead atoms. The van der Waals surface area contributed by atoms with Crippen LogP contribution in [0.15, 0.2) is 39.9 Å². The number of amides is 1. The molecule has 0 spiro atoms. The molecule has 1 aromatic carbocycles. The van der Waals surface area contributed by atoms with E-state index < -0.39 is 11.2 Å². The predicted octanol–water partition coefficient (Wildman–Crippen LogP) is 1.46. The maximum atomic E-state index is 13.1. The summed E-state index contributed by atoms with van der Waals surface area (Å²) < 4.78 is 2.43. The van der Waals surface area contributed by atoms with Gasteiger partial charge >= 0.3 is 5.69 Å². The van der Waals surface area contributed by atoms with Crippen molar-refractivity contribution in [3.05, 3.63) is 62.7 Å². The van der Waals surface area contributed by atoms with Crippen molar-refractivity contribution in [2.24, 2.45) is 14.1 Å². The lowest BCUT2D eigenvalue weighted by Gasteiger charge is -2.31. The molecule has 0 radical (unpaired) electrons. The largest absolute Gasteiger partial charge is 0.351 e. The van der Waals surface area contributed by atoms with Crippen LogP contribution in [0, 0.1) is 0 Å². The number of aryl methyl sites for hydroxylation is 1. The quantitative estimate of drug-likeness (QED) is 0.525. The monoisotopic (exact) mass is 406 g/mol. The summed E-state index contributed by atoms with van der Waals surface area (Å²) in [5.41, 5.74) is 1.35. The third-order valence-corrected chi connectivity index (χ3v) is 5.97. The molecule has 2 N–H and O–H groups in total. The van der Waals surface area contributed by atoms with Crippen LogP contribution in [0.4, 0.5) is 0 Å². The summed E-state index contributed by atoms with van der Waals surface area (Å²) in [4.78, 5) is 50.4. The molecule has 1 unspecified atom stereocenters. The van der Waals surface area contributed by atoms with Crippen LogP contribution in [0.1, 0.15) is 35.1 Å². The van der Waals surface area contributed by atoms with Gasteiger partial charge in [0.15, 0.2) is 5.65 Å². The van der Waals surface area contributed by atoms with Crippen molar-refractivity contribution in [1.82, 2.24) is 29.0 Å². The number of likely N-dealkylation sites (tertiary alicyclic amines) is 1. The average molecular weight is 406 g/mol. The maximum absolute atomic E-state index is 13.1. The Morgan fingerprint density at radius 1 is 1.13 bits per heavy atom. The first-order valence-corrected chi connectivity index (χ1v) is 9.96. The summed E-state index contributed by atoms with van der Waals surface area (Å²) in [6.45, 7) is 1.17. The first-order valence-electron chi connectivity index (χ1n) is 9.96. The molecule has 5 rings (SSSR count). The second-order valence-corrected chi connectivity index (χ2v) is 7.89. The fourth-order valence-corrected chi connectivity index (χ4v) is 4.28. The Kier molecular flexibility index (Phi) is 4.12. The Morgan fingerprint density at radius 2 is 1.93 bits per heavy atom. The van der Waals surface area contributed by atoms with Gasteiger partial charge in [-0.05, 0) is 25.0 Å².